The summed E-state index contributed by atoms with van der Waals surface area (Å²) in [4.78, 5) is 0. The van der Waals surface area contributed by atoms with Gasteiger partial charge in [-0.2, -0.15) is 0 Å². The van der Waals surface area contributed by atoms with Gasteiger partial charge in [-0.15, -0.1) is 11.6 Å². The second kappa shape index (κ2) is 8.52. The molecule has 0 aliphatic rings. The number of rotatable bonds is 7. The SMILES string of the molecule is CC(C)(C)[S@](=O)NC[C@@H](CCCCl)c1ccc(Br)cc1. The molecule has 1 rings (SSSR count). The highest BCUT2D eigenvalue weighted by molar-refractivity contribution is 9.10. The van der Waals surface area contributed by atoms with Crippen molar-refractivity contribution in [3.05, 3.63) is 34.3 Å². The molecule has 0 saturated carbocycles. The Morgan fingerprint density at radius 3 is 2.40 bits per heavy atom. The molecule has 5 heteroatoms. The van der Waals surface area contributed by atoms with Crippen molar-refractivity contribution in [3.63, 3.8) is 0 Å². The average Bonchev–Trinajstić information content (AvgIpc) is 2.39. The van der Waals surface area contributed by atoms with Crippen LogP contribution in [0.4, 0.5) is 0 Å². The van der Waals surface area contributed by atoms with E-state index in [-0.39, 0.29) is 4.75 Å². The third kappa shape index (κ3) is 6.25. The van der Waals surface area contributed by atoms with Crippen LogP contribution in [0.3, 0.4) is 0 Å². The van der Waals surface area contributed by atoms with Crippen LogP contribution in [0.2, 0.25) is 0 Å². The standard InChI is InChI=1S/C15H23BrClNOS/c1-15(2,3)20(19)18-11-13(5-4-10-17)12-6-8-14(16)9-7-12/h6-9,13,18H,4-5,10-11H2,1-3H3/t13-,20+/m1/s1. The Morgan fingerprint density at radius 2 is 1.90 bits per heavy atom. The third-order valence-corrected chi connectivity index (χ3v) is 5.38. The lowest BCUT2D eigenvalue weighted by Crippen LogP contribution is -2.35. The lowest BCUT2D eigenvalue weighted by atomic mass is 9.95. The summed E-state index contributed by atoms with van der Waals surface area (Å²) in [5.41, 5.74) is 1.26. The van der Waals surface area contributed by atoms with Gasteiger partial charge in [-0.05, 0) is 57.2 Å². The molecule has 0 bridgehead atoms. The molecule has 1 aromatic carbocycles. The molecule has 114 valence electrons. The number of nitrogens with one attached hydrogen (secondary N) is 1. The molecule has 0 spiro atoms. The maximum atomic E-state index is 12.1. The molecule has 1 aromatic rings. The summed E-state index contributed by atoms with van der Waals surface area (Å²) < 4.78 is 16.1. The fourth-order valence-corrected chi connectivity index (χ4v) is 3.04. The monoisotopic (exact) mass is 379 g/mol. The van der Waals surface area contributed by atoms with Crippen LogP contribution in [0.5, 0.6) is 0 Å². The number of alkyl halides is 1. The van der Waals surface area contributed by atoms with Crippen LogP contribution in [-0.2, 0) is 11.0 Å². The molecule has 0 amide bonds. The minimum atomic E-state index is -1.03. The molecule has 0 aliphatic carbocycles. The van der Waals surface area contributed by atoms with E-state index in [4.69, 9.17) is 11.6 Å². The fourth-order valence-electron chi connectivity index (χ4n) is 1.84. The van der Waals surface area contributed by atoms with Gasteiger partial charge in [0.2, 0.25) is 0 Å². The van der Waals surface area contributed by atoms with Gasteiger partial charge in [0.25, 0.3) is 0 Å². The van der Waals surface area contributed by atoms with Crippen molar-refractivity contribution in [1.29, 1.82) is 0 Å². The first-order valence-corrected chi connectivity index (χ1v) is 9.29. The van der Waals surface area contributed by atoms with E-state index >= 15 is 0 Å². The van der Waals surface area contributed by atoms with Crippen molar-refractivity contribution in [3.8, 4) is 0 Å². The summed E-state index contributed by atoms with van der Waals surface area (Å²) in [5, 5.41) is 0. The highest BCUT2D eigenvalue weighted by atomic mass is 79.9. The summed E-state index contributed by atoms with van der Waals surface area (Å²) in [6.07, 6.45) is 1.96. The van der Waals surface area contributed by atoms with Crippen LogP contribution in [0.1, 0.15) is 45.1 Å². The lowest BCUT2D eigenvalue weighted by Gasteiger charge is -2.22. The van der Waals surface area contributed by atoms with Crippen molar-refractivity contribution < 1.29 is 4.21 Å². The lowest BCUT2D eigenvalue weighted by molar-refractivity contribution is 0.585. The van der Waals surface area contributed by atoms with Gasteiger partial charge in [0.1, 0.15) is 0 Å². The summed E-state index contributed by atoms with van der Waals surface area (Å²) in [5.74, 6) is 1.00. The minimum Gasteiger partial charge on any atom is -0.242 e. The predicted molar refractivity (Wildman–Crippen MR) is 92.7 cm³/mol. The van der Waals surface area contributed by atoms with Gasteiger partial charge in [-0.25, -0.2) is 8.93 Å². The van der Waals surface area contributed by atoms with E-state index in [0.717, 1.165) is 17.3 Å². The van der Waals surface area contributed by atoms with Crippen LogP contribution in [-0.4, -0.2) is 21.4 Å². The summed E-state index contributed by atoms with van der Waals surface area (Å²) in [7, 11) is -1.03. The van der Waals surface area contributed by atoms with E-state index in [2.05, 4.69) is 32.8 Å². The van der Waals surface area contributed by atoms with Crippen molar-refractivity contribution in [1.82, 2.24) is 4.72 Å². The number of hydrogen-bond acceptors (Lipinski definition) is 1. The Morgan fingerprint density at radius 1 is 1.30 bits per heavy atom. The molecular weight excluding hydrogens is 358 g/mol. The molecule has 0 fully saturated rings. The van der Waals surface area contributed by atoms with Gasteiger partial charge in [-0.3, -0.25) is 0 Å². The molecule has 0 saturated heterocycles. The van der Waals surface area contributed by atoms with Crippen LogP contribution >= 0.6 is 27.5 Å². The van der Waals surface area contributed by atoms with E-state index in [1.807, 2.05) is 32.9 Å². The highest BCUT2D eigenvalue weighted by Crippen LogP contribution is 2.23. The van der Waals surface area contributed by atoms with Crippen LogP contribution in [0, 0.1) is 0 Å². The Hall–Kier alpha value is 0.1000. The zero-order chi connectivity index (χ0) is 15.2. The molecule has 0 unspecified atom stereocenters. The fraction of sp³-hybridized carbons (Fsp3) is 0.600. The van der Waals surface area contributed by atoms with Gasteiger partial charge < -0.3 is 0 Å². The number of hydrogen-bond donors (Lipinski definition) is 1. The molecule has 0 aliphatic heterocycles. The summed E-state index contributed by atoms with van der Waals surface area (Å²) in [6, 6.07) is 8.32. The van der Waals surface area contributed by atoms with E-state index in [1.165, 1.54) is 5.56 Å². The average molecular weight is 381 g/mol. The van der Waals surface area contributed by atoms with Crippen molar-refractivity contribution in [2.24, 2.45) is 0 Å². The summed E-state index contributed by atoms with van der Waals surface area (Å²) >= 11 is 9.26. The molecule has 0 radical (unpaired) electrons. The molecule has 0 aromatic heterocycles. The second-order valence-electron chi connectivity index (χ2n) is 5.81. The first-order valence-electron chi connectivity index (χ1n) is 6.81. The Bertz CT molecular complexity index is 430. The van der Waals surface area contributed by atoms with E-state index in [9.17, 15) is 4.21 Å². The van der Waals surface area contributed by atoms with Gasteiger partial charge >= 0.3 is 0 Å². The quantitative estimate of drug-likeness (QED) is 0.688. The Balaban J connectivity index is 2.70. The van der Waals surface area contributed by atoms with Gasteiger partial charge in [-0.1, -0.05) is 28.1 Å². The molecule has 1 N–H and O–H groups in total. The maximum absolute atomic E-state index is 12.1. The van der Waals surface area contributed by atoms with Crippen molar-refractivity contribution in [2.45, 2.75) is 44.3 Å². The smallest absolute Gasteiger partial charge is 0.0970 e. The van der Waals surface area contributed by atoms with Gasteiger partial charge in [0.15, 0.2) is 0 Å². The molecule has 0 heterocycles. The normalized spacial score (nSPS) is 15.1. The number of halogens is 2. The van der Waals surface area contributed by atoms with E-state index < -0.39 is 11.0 Å². The summed E-state index contributed by atoms with van der Waals surface area (Å²) in [6.45, 7) is 6.64. The largest absolute Gasteiger partial charge is 0.242 e. The van der Waals surface area contributed by atoms with Crippen molar-refractivity contribution in [2.75, 3.05) is 12.4 Å². The first-order chi connectivity index (χ1) is 9.34. The van der Waals surface area contributed by atoms with Gasteiger partial charge in [0.05, 0.1) is 15.7 Å². The van der Waals surface area contributed by atoms with E-state index in [1.54, 1.807) is 0 Å². The van der Waals surface area contributed by atoms with Crippen molar-refractivity contribution >= 4 is 38.5 Å². The Labute approximate surface area is 138 Å². The third-order valence-electron chi connectivity index (χ3n) is 3.04. The van der Waals surface area contributed by atoms with E-state index in [0.29, 0.717) is 18.3 Å². The number of benzene rings is 1. The molecular formula is C15H23BrClNOS. The minimum absolute atomic E-state index is 0.239. The van der Waals surface area contributed by atoms with Gasteiger partial charge in [0, 0.05) is 16.9 Å². The predicted octanol–water partition coefficient (Wildman–Crippen LogP) is 4.60. The topological polar surface area (TPSA) is 29.1 Å². The second-order valence-corrected chi connectivity index (χ2v) is 9.15. The zero-order valence-electron chi connectivity index (χ0n) is 12.3. The van der Waals surface area contributed by atoms with Crippen LogP contribution < -0.4 is 4.72 Å². The van der Waals surface area contributed by atoms with Crippen LogP contribution in [0.25, 0.3) is 0 Å². The molecule has 2 nitrogen and oxygen atoms in total. The maximum Gasteiger partial charge on any atom is 0.0970 e. The highest BCUT2D eigenvalue weighted by Gasteiger charge is 2.21. The van der Waals surface area contributed by atoms with Crippen LogP contribution in [0.15, 0.2) is 28.7 Å². The molecule has 20 heavy (non-hydrogen) atoms. The first kappa shape index (κ1) is 18.1. The molecule has 2 atom stereocenters. The zero-order valence-corrected chi connectivity index (χ0v) is 15.4. The Kier molecular flexibility index (Phi) is 7.73.